The number of H-pyrrole nitrogens is 1. The molecule has 2 rings (SSSR count). The van der Waals surface area contributed by atoms with E-state index < -0.39 is 0 Å². The van der Waals surface area contributed by atoms with Crippen LogP contribution in [0.25, 0.3) is 0 Å². The Kier molecular flexibility index (Phi) is 4.68. The molecule has 0 saturated heterocycles. The molecule has 0 amide bonds. The van der Waals surface area contributed by atoms with E-state index in [-0.39, 0.29) is 0 Å². The molecule has 4 heteroatoms. The summed E-state index contributed by atoms with van der Waals surface area (Å²) in [5.41, 5.74) is 4.05. The van der Waals surface area contributed by atoms with Crippen molar-refractivity contribution in [2.45, 2.75) is 39.7 Å². The summed E-state index contributed by atoms with van der Waals surface area (Å²) in [7, 11) is 0. The molecule has 1 atom stereocenters. The second-order valence-corrected chi connectivity index (χ2v) is 5.06. The molecule has 0 fully saturated rings. The van der Waals surface area contributed by atoms with E-state index in [9.17, 15) is 0 Å². The highest BCUT2D eigenvalue weighted by Crippen LogP contribution is 2.16. The maximum absolute atomic E-state index is 4.12. The molecule has 2 aromatic rings. The zero-order chi connectivity index (χ0) is 13.7. The summed E-state index contributed by atoms with van der Waals surface area (Å²) in [6.07, 6.45) is 3.55. The van der Waals surface area contributed by atoms with Crippen LogP contribution in [0, 0.1) is 13.8 Å². The molecule has 0 radical (unpaired) electrons. The molecule has 0 aliphatic rings. The zero-order valence-electron chi connectivity index (χ0n) is 11.9. The summed E-state index contributed by atoms with van der Waals surface area (Å²) in [5.74, 6) is 0.959. The lowest BCUT2D eigenvalue weighted by molar-refractivity contribution is 0.554. The van der Waals surface area contributed by atoms with Crippen LogP contribution in [0.1, 0.15) is 41.9 Å². The van der Waals surface area contributed by atoms with Crippen molar-refractivity contribution in [1.29, 1.82) is 0 Å². The molecule has 1 aromatic heterocycles. The predicted molar refractivity (Wildman–Crippen MR) is 77.0 cm³/mol. The van der Waals surface area contributed by atoms with E-state index >= 15 is 0 Å². The monoisotopic (exact) mass is 258 g/mol. The third-order valence-electron chi connectivity index (χ3n) is 3.54. The Morgan fingerprint density at radius 1 is 1.26 bits per heavy atom. The van der Waals surface area contributed by atoms with Crippen LogP contribution in [0.15, 0.2) is 24.5 Å². The minimum Gasteiger partial charge on any atom is -0.310 e. The highest BCUT2D eigenvalue weighted by molar-refractivity contribution is 5.31. The Labute approximate surface area is 114 Å². The Morgan fingerprint density at radius 2 is 2.11 bits per heavy atom. The number of aromatic nitrogens is 3. The van der Waals surface area contributed by atoms with Crippen molar-refractivity contribution in [2.24, 2.45) is 0 Å². The summed E-state index contributed by atoms with van der Waals surface area (Å²) in [4.78, 5) is 4.12. The number of rotatable bonds is 6. The van der Waals surface area contributed by atoms with E-state index in [1.807, 2.05) is 0 Å². The molecule has 4 nitrogen and oxygen atoms in total. The van der Waals surface area contributed by atoms with Crippen LogP contribution < -0.4 is 5.32 Å². The molecule has 2 N–H and O–H groups in total. The second-order valence-electron chi connectivity index (χ2n) is 5.06. The van der Waals surface area contributed by atoms with Crippen LogP contribution in [0.2, 0.25) is 0 Å². The number of benzene rings is 1. The molecule has 0 saturated carbocycles. The van der Waals surface area contributed by atoms with Crippen molar-refractivity contribution in [3.05, 3.63) is 47.0 Å². The van der Waals surface area contributed by atoms with E-state index in [0.717, 1.165) is 25.2 Å². The van der Waals surface area contributed by atoms with E-state index in [1.54, 1.807) is 6.33 Å². The standard InChI is InChI=1S/C15H22N4/c1-11-6-7-14(9-12(11)2)13(3)16-8-4-5-15-17-10-18-19-15/h6-7,9-10,13,16H,4-5,8H2,1-3H3,(H,17,18,19). The van der Waals surface area contributed by atoms with Gasteiger partial charge in [-0.1, -0.05) is 18.2 Å². The van der Waals surface area contributed by atoms with Crippen LogP contribution >= 0.6 is 0 Å². The summed E-state index contributed by atoms with van der Waals surface area (Å²) in [6.45, 7) is 7.50. The number of aromatic amines is 1. The first-order valence-electron chi connectivity index (χ1n) is 6.81. The van der Waals surface area contributed by atoms with E-state index in [1.165, 1.54) is 16.7 Å². The van der Waals surface area contributed by atoms with Crippen LogP contribution in [0.5, 0.6) is 0 Å². The zero-order valence-corrected chi connectivity index (χ0v) is 11.9. The lowest BCUT2D eigenvalue weighted by Crippen LogP contribution is -2.20. The quantitative estimate of drug-likeness (QED) is 0.783. The largest absolute Gasteiger partial charge is 0.310 e. The molecule has 0 aliphatic heterocycles. The molecular formula is C15H22N4. The number of nitrogens with zero attached hydrogens (tertiary/aromatic N) is 2. The van der Waals surface area contributed by atoms with Crippen molar-refractivity contribution >= 4 is 0 Å². The van der Waals surface area contributed by atoms with Gasteiger partial charge < -0.3 is 5.32 Å². The molecule has 1 unspecified atom stereocenters. The molecule has 1 aromatic carbocycles. The maximum Gasteiger partial charge on any atom is 0.137 e. The minimum atomic E-state index is 0.383. The summed E-state index contributed by atoms with van der Waals surface area (Å²) in [6, 6.07) is 7.05. The van der Waals surface area contributed by atoms with Gasteiger partial charge in [0.05, 0.1) is 0 Å². The first-order chi connectivity index (χ1) is 9.16. The molecule has 0 bridgehead atoms. The van der Waals surface area contributed by atoms with Gasteiger partial charge in [0, 0.05) is 12.5 Å². The van der Waals surface area contributed by atoms with Gasteiger partial charge in [0.2, 0.25) is 0 Å². The van der Waals surface area contributed by atoms with E-state index in [0.29, 0.717) is 6.04 Å². The van der Waals surface area contributed by atoms with E-state index in [2.05, 4.69) is 59.5 Å². The van der Waals surface area contributed by atoms with Gasteiger partial charge in [0.1, 0.15) is 12.2 Å². The van der Waals surface area contributed by atoms with Gasteiger partial charge in [-0.3, -0.25) is 5.10 Å². The fraction of sp³-hybridized carbons (Fsp3) is 0.467. The Bertz CT molecular complexity index is 505. The SMILES string of the molecule is Cc1ccc(C(C)NCCCc2ncn[nH]2)cc1C. The fourth-order valence-corrected chi connectivity index (χ4v) is 2.08. The normalized spacial score (nSPS) is 12.6. The smallest absolute Gasteiger partial charge is 0.137 e. The molecule has 0 aliphatic carbocycles. The van der Waals surface area contributed by atoms with E-state index in [4.69, 9.17) is 0 Å². The Balaban J connectivity index is 1.77. The van der Waals surface area contributed by atoms with Gasteiger partial charge in [0.15, 0.2) is 0 Å². The van der Waals surface area contributed by atoms with Gasteiger partial charge in [-0.05, 0) is 50.4 Å². The van der Waals surface area contributed by atoms with Crippen molar-refractivity contribution in [1.82, 2.24) is 20.5 Å². The van der Waals surface area contributed by atoms with Crippen LogP contribution in [-0.4, -0.2) is 21.7 Å². The third-order valence-corrected chi connectivity index (χ3v) is 3.54. The van der Waals surface area contributed by atoms with Crippen molar-refractivity contribution in [2.75, 3.05) is 6.54 Å². The van der Waals surface area contributed by atoms with Crippen LogP contribution in [0.3, 0.4) is 0 Å². The molecule has 1 heterocycles. The summed E-state index contributed by atoms with van der Waals surface area (Å²) in [5, 5.41) is 10.3. The minimum absolute atomic E-state index is 0.383. The van der Waals surface area contributed by atoms with Crippen LogP contribution in [-0.2, 0) is 6.42 Å². The lowest BCUT2D eigenvalue weighted by Gasteiger charge is -2.15. The topological polar surface area (TPSA) is 53.6 Å². The van der Waals surface area contributed by atoms with Gasteiger partial charge in [0.25, 0.3) is 0 Å². The average molecular weight is 258 g/mol. The first kappa shape index (κ1) is 13.7. The lowest BCUT2D eigenvalue weighted by atomic mass is 10.0. The maximum atomic E-state index is 4.12. The van der Waals surface area contributed by atoms with Crippen molar-refractivity contribution in [3.8, 4) is 0 Å². The third kappa shape index (κ3) is 3.89. The van der Waals surface area contributed by atoms with Crippen molar-refractivity contribution in [3.63, 3.8) is 0 Å². The number of aryl methyl sites for hydroxylation is 3. The molecule has 102 valence electrons. The second kappa shape index (κ2) is 6.48. The van der Waals surface area contributed by atoms with Crippen molar-refractivity contribution < 1.29 is 0 Å². The van der Waals surface area contributed by atoms with Gasteiger partial charge >= 0.3 is 0 Å². The van der Waals surface area contributed by atoms with Gasteiger partial charge in [-0.2, -0.15) is 5.10 Å². The van der Waals surface area contributed by atoms with Gasteiger partial charge in [-0.25, -0.2) is 4.98 Å². The highest BCUT2D eigenvalue weighted by atomic mass is 15.2. The summed E-state index contributed by atoms with van der Waals surface area (Å²) >= 11 is 0. The Morgan fingerprint density at radius 3 is 2.79 bits per heavy atom. The van der Waals surface area contributed by atoms with Crippen LogP contribution in [0.4, 0.5) is 0 Å². The number of nitrogens with one attached hydrogen (secondary N) is 2. The number of hydrogen-bond acceptors (Lipinski definition) is 3. The van der Waals surface area contributed by atoms with Gasteiger partial charge in [-0.15, -0.1) is 0 Å². The molecule has 19 heavy (non-hydrogen) atoms. The molecule has 0 spiro atoms. The summed E-state index contributed by atoms with van der Waals surface area (Å²) < 4.78 is 0. The molecular weight excluding hydrogens is 236 g/mol. The average Bonchev–Trinajstić information content (AvgIpc) is 2.91. The first-order valence-corrected chi connectivity index (χ1v) is 6.81. The predicted octanol–water partition coefficient (Wildman–Crippen LogP) is 2.70. The fourth-order valence-electron chi connectivity index (χ4n) is 2.08. The Hall–Kier alpha value is -1.68. The number of hydrogen-bond donors (Lipinski definition) is 2. The highest BCUT2D eigenvalue weighted by Gasteiger charge is 2.05.